The van der Waals surface area contributed by atoms with Crippen molar-refractivity contribution >= 4 is 0 Å². The molecule has 1 unspecified atom stereocenters. The van der Waals surface area contributed by atoms with Crippen molar-refractivity contribution < 1.29 is 5.11 Å². The zero-order chi connectivity index (χ0) is 13.2. The van der Waals surface area contributed by atoms with Gasteiger partial charge in [0.25, 0.3) is 0 Å². The number of piperidine rings is 1. The van der Waals surface area contributed by atoms with E-state index in [2.05, 4.69) is 10.4 Å². The molecule has 0 radical (unpaired) electrons. The van der Waals surface area contributed by atoms with Gasteiger partial charge in [-0.25, -0.2) is 0 Å². The maximum absolute atomic E-state index is 9.39. The van der Waals surface area contributed by atoms with Crippen molar-refractivity contribution in [1.82, 2.24) is 15.1 Å². The summed E-state index contributed by atoms with van der Waals surface area (Å²) in [5, 5.41) is 17.4. The summed E-state index contributed by atoms with van der Waals surface area (Å²) in [6.45, 7) is 1.07. The molecule has 1 atom stereocenters. The van der Waals surface area contributed by atoms with Crippen LogP contribution in [0.15, 0.2) is 30.5 Å². The van der Waals surface area contributed by atoms with Crippen LogP contribution in [0.4, 0.5) is 0 Å². The van der Waals surface area contributed by atoms with Crippen LogP contribution in [0.5, 0.6) is 5.75 Å². The molecule has 1 aromatic carbocycles. The van der Waals surface area contributed by atoms with E-state index in [1.807, 2.05) is 30.1 Å². The molecule has 0 bridgehead atoms. The highest BCUT2D eigenvalue weighted by Gasteiger charge is 2.22. The van der Waals surface area contributed by atoms with Crippen LogP contribution in [-0.4, -0.2) is 21.4 Å². The number of aromatic nitrogens is 2. The third-order valence-corrected chi connectivity index (χ3v) is 3.80. The molecular formula is C15H19N3O. The van der Waals surface area contributed by atoms with Crippen LogP contribution < -0.4 is 5.32 Å². The van der Waals surface area contributed by atoms with Gasteiger partial charge < -0.3 is 10.4 Å². The van der Waals surface area contributed by atoms with Crippen molar-refractivity contribution in [2.45, 2.75) is 25.3 Å². The first-order valence-electron chi connectivity index (χ1n) is 6.80. The Balaban J connectivity index is 1.99. The molecule has 2 aromatic rings. The molecule has 1 aromatic heterocycles. The maximum Gasteiger partial charge on any atom is 0.115 e. The lowest BCUT2D eigenvalue weighted by Crippen LogP contribution is -2.28. The van der Waals surface area contributed by atoms with Crippen LogP contribution in [0.1, 0.15) is 31.0 Å². The first-order valence-corrected chi connectivity index (χ1v) is 6.80. The summed E-state index contributed by atoms with van der Waals surface area (Å²) in [6, 6.07) is 7.71. The van der Waals surface area contributed by atoms with E-state index in [-0.39, 0.29) is 0 Å². The van der Waals surface area contributed by atoms with Crippen molar-refractivity contribution in [2.75, 3.05) is 6.54 Å². The van der Waals surface area contributed by atoms with Crippen LogP contribution in [0.25, 0.3) is 11.1 Å². The van der Waals surface area contributed by atoms with Gasteiger partial charge in [0.2, 0.25) is 0 Å². The SMILES string of the molecule is Cn1ncc(-c2ccc(O)cc2)c1C1CCCCN1. The Morgan fingerprint density at radius 3 is 2.74 bits per heavy atom. The summed E-state index contributed by atoms with van der Waals surface area (Å²) in [6.07, 6.45) is 5.59. The first-order chi connectivity index (χ1) is 9.25. The highest BCUT2D eigenvalue weighted by Crippen LogP contribution is 2.32. The lowest BCUT2D eigenvalue weighted by atomic mass is 9.96. The van der Waals surface area contributed by atoms with Gasteiger partial charge >= 0.3 is 0 Å². The fourth-order valence-corrected chi connectivity index (χ4v) is 2.81. The van der Waals surface area contributed by atoms with E-state index >= 15 is 0 Å². The van der Waals surface area contributed by atoms with E-state index in [9.17, 15) is 5.11 Å². The van der Waals surface area contributed by atoms with Crippen molar-refractivity contribution in [3.05, 3.63) is 36.2 Å². The molecule has 2 heterocycles. The van der Waals surface area contributed by atoms with Crippen molar-refractivity contribution in [3.8, 4) is 16.9 Å². The topological polar surface area (TPSA) is 50.1 Å². The molecule has 2 N–H and O–H groups in total. The summed E-state index contributed by atoms with van der Waals surface area (Å²) >= 11 is 0. The molecular weight excluding hydrogens is 238 g/mol. The highest BCUT2D eigenvalue weighted by molar-refractivity contribution is 5.66. The van der Waals surface area contributed by atoms with Gasteiger partial charge in [-0.1, -0.05) is 18.6 Å². The number of aromatic hydroxyl groups is 1. The van der Waals surface area contributed by atoms with Crippen molar-refractivity contribution in [1.29, 1.82) is 0 Å². The lowest BCUT2D eigenvalue weighted by molar-refractivity contribution is 0.394. The average molecular weight is 257 g/mol. The summed E-state index contributed by atoms with van der Waals surface area (Å²) in [5.74, 6) is 0.296. The second kappa shape index (κ2) is 5.05. The minimum absolute atomic E-state index is 0.296. The van der Waals surface area contributed by atoms with Gasteiger partial charge in [-0.3, -0.25) is 4.68 Å². The van der Waals surface area contributed by atoms with Crippen LogP contribution >= 0.6 is 0 Å². The highest BCUT2D eigenvalue weighted by atomic mass is 16.3. The van der Waals surface area contributed by atoms with Gasteiger partial charge in [-0.15, -0.1) is 0 Å². The number of hydrogen-bond acceptors (Lipinski definition) is 3. The Bertz CT molecular complexity index is 553. The lowest BCUT2D eigenvalue weighted by Gasteiger charge is -2.25. The second-order valence-corrected chi connectivity index (χ2v) is 5.12. The largest absolute Gasteiger partial charge is 0.508 e. The molecule has 1 aliphatic heterocycles. The van der Waals surface area contributed by atoms with E-state index in [4.69, 9.17) is 0 Å². The van der Waals surface area contributed by atoms with Gasteiger partial charge in [0.15, 0.2) is 0 Å². The van der Waals surface area contributed by atoms with Crippen LogP contribution in [0, 0.1) is 0 Å². The van der Waals surface area contributed by atoms with Crippen LogP contribution in [0.3, 0.4) is 0 Å². The second-order valence-electron chi connectivity index (χ2n) is 5.12. The molecule has 1 saturated heterocycles. The Hall–Kier alpha value is -1.81. The molecule has 1 fully saturated rings. The van der Waals surface area contributed by atoms with Gasteiger partial charge in [-0.2, -0.15) is 5.10 Å². The van der Waals surface area contributed by atoms with Gasteiger partial charge in [0, 0.05) is 18.7 Å². The summed E-state index contributed by atoms with van der Waals surface area (Å²) in [5.41, 5.74) is 3.50. The van der Waals surface area contributed by atoms with Gasteiger partial charge in [0.1, 0.15) is 5.75 Å². The monoisotopic (exact) mass is 257 g/mol. The number of aryl methyl sites for hydroxylation is 1. The molecule has 100 valence electrons. The fraction of sp³-hybridized carbons (Fsp3) is 0.400. The number of hydrogen-bond donors (Lipinski definition) is 2. The minimum Gasteiger partial charge on any atom is -0.508 e. The smallest absolute Gasteiger partial charge is 0.115 e. The molecule has 4 nitrogen and oxygen atoms in total. The quantitative estimate of drug-likeness (QED) is 0.869. The zero-order valence-electron chi connectivity index (χ0n) is 11.1. The van der Waals surface area contributed by atoms with Crippen molar-refractivity contribution in [2.24, 2.45) is 7.05 Å². The van der Waals surface area contributed by atoms with E-state index in [1.54, 1.807) is 12.1 Å². The Morgan fingerprint density at radius 1 is 1.26 bits per heavy atom. The van der Waals surface area contributed by atoms with E-state index in [0.29, 0.717) is 11.8 Å². The fourth-order valence-electron chi connectivity index (χ4n) is 2.81. The number of benzene rings is 1. The van der Waals surface area contributed by atoms with Crippen LogP contribution in [-0.2, 0) is 7.05 Å². The minimum atomic E-state index is 0.296. The molecule has 4 heteroatoms. The molecule has 0 spiro atoms. The average Bonchev–Trinajstić information content (AvgIpc) is 2.82. The molecule has 0 saturated carbocycles. The predicted octanol–water partition coefficient (Wildman–Crippen LogP) is 2.61. The summed E-state index contributed by atoms with van der Waals surface area (Å²) < 4.78 is 1.96. The number of nitrogens with zero attached hydrogens (tertiary/aromatic N) is 2. The number of phenols is 1. The van der Waals surface area contributed by atoms with Crippen LogP contribution in [0.2, 0.25) is 0 Å². The van der Waals surface area contributed by atoms with E-state index in [0.717, 1.165) is 24.1 Å². The molecule has 0 aliphatic carbocycles. The summed E-state index contributed by atoms with van der Waals surface area (Å²) in [4.78, 5) is 0. The normalized spacial score (nSPS) is 19.5. The van der Waals surface area contributed by atoms with Gasteiger partial charge in [0.05, 0.1) is 11.9 Å². The van der Waals surface area contributed by atoms with Gasteiger partial charge in [-0.05, 0) is 37.1 Å². The van der Waals surface area contributed by atoms with E-state index < -0.39 is 0 Å². The molecule has 0 amide bonds. The Kier molecular flexibility index (Phi) is 3.25. The third-order valence-electron chi connectivity index (χ3n) is 3.80. The van der Waals surface area contributed by atoms with Crippen molar-refractivity contribution in [3.63, 3.8) is 0 Å². The predicted molar refractivity (Wildman–Crippen MR) is 74.9 cm³/mol. The summed E-state index contributed by atoms with van der Waals surface area (Å²) in [7, 11) is 2.00. The molecule has 3 rings (SSSR count). The standard InChI is InChI=1S/C15H19N3O/c1-18-15(14-4-2-3-9-16-14)13(10-17-18)11-5-7-12(19)8-6-11/h5-8,10,14,16,19H,2-4,9H2,1H3. The number of phenolic OH excluding ortho intramolecular Hbond substituents is 1. The van der Waals surface area contributed by atoms with E-state index in [1.165, 1.54) is 18.5 Å². The molecule has 1 aliphatic rings. The Morgan fingerprint density at radius 2 is 2.05 bits per heavy atom. The first kappa shape index (κ1) is 12.2. The molecule has 19 heavy (non-hydrogen) atoms. The third kappa shape index (κ3) is 2.36. The zero-order valence-corrected chi connectivity index (χ0v) is 11.1. The number of rotatable bonds is 2. The Labute approximate surface area is 113 Å². The number of nitrogens with one attached hydrogen (secondary N) is 1. The maximum atomic E-state index is 9.39.